The molecular weight excluding hydrogens is 657 g/mol. The monoisotopic (exact) mass is 690 g/mol. The maximum atomic E-state index is 13.9. The largest absolute Gasteiger partial charge is 0.449 e. The predicted molar refractivity (Wildman–Crippen MR) is 164 cm³/mol. The zero-order valence-electron chi connectivity index (χ0n) is 25.6. The molecule has 0 atom stereocenters. The lowest BCUT2D eigenvalue weighted by Gasteiger charge is -2.49. The van der Waals surface area contributed by atoms with Gasteiger partial charge in [0.15, 0.2) is 11.6 Å². The molecule has 0 unspecified atom stereocenters. The number of hydrogen-bond donors (Lipinski definition) is 0. The molecule has 2 aliphatic carbocycles. The summed E-state index contributed by atoms with van der Waals surface area (Å²) < 4.78 is 51.1. The molecule has 0 spiro atoms. The molecule has 1 aliphatic heterocycles. The minimum atomic E-state index is -4.76. The first kappa shape index (κ1) is 32.9. The summed E-state index contributed by atoms with van der Waals surface area (Å²) >= 11 is 3.46. The van der Waals surface area contributed by atoms with Crippen molar-refractivity contribution in [3.63, 3.8) is 0 Å². The number of Topliss-reactive ketones (excluding diaryl/α,β-unsaturated/α-hetero) is 2. The van der Waals surface area contributed by atoms with Gasteiger partial charge >= 0.3 is 11.9 Å². The Bertz CT molecular complexity index is 1610. The summed E-state index contributed by atoms with van der Waals surface area (Å²) in [6.45, 7) is 9.13. The average molecular weight is 692 g/mol. The molecule has 0 saturated heterocycles. The molecule has 0 amide bonds. The van der Waals surface area contributed by atoms with Crippen LogP contribution in [-0.2, 0) is 20.5 Å². The van der Waals surface area contributed by atoms with E-state index in [-0.39, 0.29) is 33.9 Å². The van der Waals surface area contributed by atoms with E-state index in [0.29, 0.717) is 66.1 Å². The fourth-order valence-corrected chi connectivity index (χ4v) is 7.13. The topological polar surface area (TPSA) is 99.0 Å². The van der Waals surface area contributed by atoms with Gasteiger partial charge < -0.3 is 14.4 Å². The van der Waals surface area contributed by atoms with Crippen molar-refractivity contribution in [2.75, 3.05) is 20.3 Å². The fourth-order valence-electron chi connectivity index (χ4n) is 6.65. The minimum absolute atomic E-state index is 0.0327. The molecule has 45 heavy (non-hydrogen) atoms. The number of hydrogen-bond acceptors (Lipinski definition) is 7. The Labute approximate surface area is 267 Å². The van der Waals surface area contributed by atoms with E-state index in [9.17, 15) is 32.9 Å². The highest BCUT2D eigenvalue weighted by Gasteiger charge is 2.49. The Morgan fingerprint density at radius 1 is 0.933 bits per heavy atom. The van der Waals surface area contributed by atoms with Gasteiger partial charge in [-0.3, -0.25) is 19.7 Å². The first-order valence-electron chi connectivity index (χ1n) is 14.5. The van der Waals surface area contributed by atoms with Gasteiger partial charge in [-0.15, -0.1) is 0 Å². The van der Waals surface area contributed by atoms with Crippen LogP contribution in [0, 0.1) is 20.9 Å². The van der Waals surface area contributed by atoms with Crippen LogP contribution in [0.25, 0.3) is 0 Å². The summed E-state index contributed by atoms with van der Waals surface area (Å²) in [7, 11) is 1.61. The number of ketones is 2. The number of allylic oxidation sites excluding steroid dienone is 4. The molecular formula is C33H34BrF3N2O6. The lowest BCUT2D eigenvalue weighted by Crippen LogP contribution is -2.45. The maximum absolute atomic E-state index is 13.9. The molecule has 0 bridgehead atoms. The van der Waals surface area contributed by atoms with Gasteiger partial charge in [-0.1, -0.05) is 33.8 Å². The molecule has 2 aromatic rings. The highest BCUT2D eigenvalue weighted by Crippen LogP contribution is 2.55. The van der Waals surface area contributed by atoms with Crippen molar-refractivity contribution in [3.05, 3.63) is 84.7 Å². The lowest BCUT2D eigenvalue weighted by molar-refractivity contribution is -0.385. The van der Waals surface area contributed by atoms with Crippen LogP contribution in [0.3, 0.4) is 0 Å². The molecule has 2 aromatic carbocycles. The smallest absolute Gasteiger partial charge is 0.416 e. The second-order valence-electron chi connectivity index (χ2n) is 13.4. The highest BCUT2D eigenvalue weighted by molar-refractivity contribution is 9.10. The molecule has 0 aromatic heterocycles. The highest BCUT2D eigenvalue weighted by atomic mass is 79.9. The van der Waals surface area contributed by atoms with Crippen LogP contribution in [-0.4, -0.2) is 41.7 Å². The van der Waals surface area contributed by atoms with Crippen LogP contribution in [0.5, 0.6) is 11.5 Å². The summed E-state index contributed by atoms with van der Waals surface area (Å²) in [5.41, 5.74) is 1.02. The third-order valence-electron chi connectivity index (χ3n) is 8.53. The molecule has 1 heterocycles. The number of nitrogens with zero attached hydrogens (tertiary/aromatic N) is 2. The van der Waals surface area contributed by atoms with E-state index in [1.807, 2.05) is 0 Å². The summed E-state index contributed by atoms with van der Waals surface area (Å²) in [6, 6.07) is 7.00. The summed E-state index contributed by atoms with van der Waals surface area (Å²) in [6.07, 6.45) is -2.84. The quantitative estimate of drug-likeness (QED) is 0.212. The molecule has 240 valence electrons. The van der Waals surface area contributed by atoms with Crippen molar-refractivity contribution in [1.82, 2.24) is 4.90 Å². The summed E-state index contributed by atoms with van der Waals surface area (Å²) in [5, 5.41) is 11.6. The molecule has 12 heteroatoms. The maximum Gasteiger partial charge on any atom is 0.416 e. The van der Waals surface area contributed by atoms with E-state index < -0.39 is 28.3 Å². The zero-order valence-corrected chi connectivity index (χ0v) is 27.2. The zero-order chi connectivity index (χ0) is 33.1. The SMILES string of the molecule is COCCN1C2=C(C(=O)CC(C)(C)C2)C(c2ccc(Oc3ccc(C(F)(F)F)cc3[N+](=O)[O-])c(Br)c2)C2=C1CC(C)(C)CC2=O. The fraction of sp³-hybridized carbons (Fsp3) is 0.455. The standard InChI is InChI=1S/C33H34BrF3N2O6/c1-31(2)14-22-29(24(40)16-31)28(30-23(38(22)10-11-44-5)15-32(3,4)17-25(30)41)18-6-8-26(20(34)12-18)45-27-9-7-19(33(35,36)37)13-21(27)39(42)43/h6-9,12-13,28H,10-11,14-17H2,1-5H3. The van der Waals surface area contributed by atoms with Crippen molar-refractivity contribution in [1.29, 1.82) is 0 Å². The van der Waals surface area contributed by atoms with Gasteiger partial charge in [0.2, 0.25) is 5.75 Å². The molecule has 0 fully saturated rings. The first-order chi connectivity index (χ1) is 20.9. The molecule has 8 nitrogen and oxygen atoms in total. The Balaban J connectivity index is 1.62. The normalized spacial score (nSPS) is 19.9. The Morgan fingerprint density at radius 3 is 1.98 bits per heavy atom. The van der Waals surface area contributed by atoms with Crippen LogP contribution in [0.4, 0.5) is 18.9 Å². The van der Waals surface area contributed by atoms with E-state index in [1.165, 1.54) is 6.07 Å². The number of halogens is 4. The number of nitro benzene ring substituents is 1. The molecule has 5 rings (SSSR count). The third kappa shape index (κ3) is 6.44. The molecule has 0 saturated carbocycles. The number of ether oxygens (including phenoxy) is 2. The number of methoxy groups -OCH3 is 1. The van der Waals surface area contributed by atoms with Gasteiger partial charge in [-0.25, -0.2) is 0 Å². The van der Waals surface area contributed by atoms with Crippen molar-refractivity contribution < 1.29 is 37.2 Å². The molecule has 0 radical (unpaired) electrons. The van der Waals surface area contributed by atoms with E-state index in [2.05, 4.69) is 48.5 Å². The summed E-state index contributed by atoms with van der Waals surface area (Å²) in [4.78, 5) is 40.6. The number of carbonyl (C=O) groups excluding carboxylic acids is 2. The Hall–Kier alpha value is -3.51. The van der Waals surface area contributed by atoms with Crippen LogP contribution < -0.4 is 4.74 Å². The van der Waals surface area contributed by atoms with E-state index in [1.54, 1.807) is 19.2 Å². The number of carbonyl (C=O) groups is 2. The third-order valence-corrected chi connectivity index (χ3v) is 9.15. The number of rotatable bonds is 7. The number of alkyl halides is 3. The molecule has 3 aliphatic rings. The number of nitro groups is 1. The van der Waals surface area contributed by atoms with Crippen LogP contribution in [0.2, 0.25) is 0 Å². The van der Waals surface area contributed by atoms with Crippen LogP contribution in [0.1, 0.15) is 70.4 Å². The van der Waals surface area contributed by atoms with Gasteiger partial charge in [-0.05, 0) is 69.4 Å². The van der Waals surface area contributed by atoms with Crippen molar-refractivity contribution in [3.8, 4) is 11.5 Å². The van der Waals surface area contributed by atoms with E-state index >= 15 is 0 Å². The van der Waals surface area contributed by atoms with Crippen LogP contribution >= 0.6 is 15.9 Å². The second-order valence-corrected chi connectivity index (χ2v) is 14.3. The van der Waals surface area contributed by atoms with E-state index in [0.717, 1.165) is 23.5 Å². The van der Waals surface area contributed by atoms with Gasteiger partial charge in [-0.2, -0.15) is 13.2 Å². The van der Waals surface area contributed by atoms with Crippen molar-refractivity contribution >= 4 is 33.2 Å². The van der Waals surface area contributed by atoms with Gasteiger partial charge in [0.05, 0.1) is 21.6 Å². The minimum Gasteiger partial charge on any atom is -0.449 e. The van der Waals surface area contributed by atoms with Crippen LogP contribution in [0.15, 0.2) is 63.4 Å². The Kier molecular flexibility index (Phi) is 8.54. The van der Waals surface area contributed by atoms with Gasteiger partial charge in [0.1, 0.15) is 5.75 Å². The summed E-state index contributed by atoms with van der Waals surface area (Å²) in [5.74, 6) is -0.942. The average Bonchev–Trinajstić information content (AvgIpc) is 2.91. The predicted octanol–water partition coefficient (Wildman–Crippen LogP) is 8.50. The lowest BCUT2D eigenvalue weighted by atomic mass is 9.63. The van der Waals surface area contributed by atoms with Crippen molar-refractivity contribution in [2.45, 2.75) is 65.5 Å². The van der Waals surface area contributed by atoms with E-state index in [4.69, 9.17) is 9.47 Å². The van der Waals surface area contributed by atoms with Gasteiger partial charge in [0, 0.05) is 61.0 Å². The van der Waals surface area contributed by atoms with Crippen molar-refractivity contribution in [2.24, 2.45) is 10.8 Å². The first-order valence-corrected chi connectivity index (χ1v) is 15.3. The molecule has 0 N–H and O–H groups in total. The Morgan fingerprint density at radius 2 is 1.49 bits per heavy atom. The van der Waals surface area contributed by atoms with Gasteiger partial charge in [0.25, 0.3) is 0 Å². The second kappa shape index (κ2) is 11.7. The number of benzene rings is 2.